The summed E-state index contributed by atoms with van der Waals surface area (Å²) in [5, 5.41) is 16.7. The van der Waals surface area contributed by atoms with Gasteiger partial charge in [0, 0.05) is 12.2 Å². The van der Waals surface area contributed by atoms with E-state index in [4.69, 9.17) is 0 Å². The molecule has 0 aliphatic heterocycles. The molecule has 0 radical (unpaired) electrons. The fourth-order valence-corrected chi connectivity index (χ4v) is 4.14. The predicted molar refractivity (Wildman–Crippen MR) is 106 cm³/mol. The minimum Gasteiger partial charge on any atom is -0.338 e. The van der Waals surface area contributed by atoms with Gasteiger partial charge in [-0.05, 0) is 38.3 Å². The molecule has 0 spiro atoms. The number of anilines is 2. The smallest absolute Gasteiger partial charge is 0.321 e. The Morgan fingerprint density at radius 2 is 2.04 bits per heavy atom. The van der Waals surface area contributed by atoms with Gasteiger partial charge >= 0.3 is 6.03 Å². The lowest BCUT2D eigenvalue weighted by atomic mass is 10.1. The molecule has 0 bridgehead atoms. The zero-order chi connectivity index (χ0) is 19.1. The van der Waals surface area contributed by atoms with Crippen molar-refractivity contribution in [1.29, 1.82) is 0 Å². The second-order valence-corrected chi connectivity index (χ2v) is 8.13. The van der Waals surface area contributed by atoms with Gasteiger partial charge in [-0.3, -0.25) is 10.1 Å². The molecule has 0 saturated carbocycles. The normalized spacial score (nSPS) is 11.7. The van der Waals surface area contributed by atoms with E-state index in [1.54, 1.807) is 13.8 Å². The quantitative estimate of drug-likeness (QED) is 0.623. The summed E-state index contributed by atoms with van der Waals surface area (Å²) in [4.78, 5) is 23.4. The number of imide groups is 1. The second kappa shape index (κ2) is 9.54. The van der Waals surface area contributed by atoms with Gasteiger partial charge in [0.2, 0.25) is 11.0 Å². The van der Waals surface area contributed by atoms with Crippen LogP contribution in [0.3, 0.4) is 0 Å². The number of urea groups is 1. The molecule has 1 heterocycles. The fourth-order valence-electron chi connectivity index (χ4n) is 2.24. The van der Waals surface area contributed by atoms with Crippen LogP contribution in [-0.2, 0) is 11.2 Å². The molecule has 7 nitrogen and oxygen atoms in total. The number of amides is 3. The highest BCUT2D eigenvalue weighted by molar-refractivity contribution is 8.02. The van der Waals surface area contributed by atoms with Crippen LogP contribution in [0.15, 0.2) is 22.5 Å². The van der Waals surface area contributed by atoms with Crippen molar-refractivity contribution in [3.63, 3.8) is 0 Å². The minimum absolute atomic E-state index is 0.363. The number of thioether (sulfide) groups is 1. The standard InChI is InChI=1S/C17H23N5O2S2/c1-5-12-9-7-8-10(3)13(12)19-16-21-22-17(26-16)25-11(4)14(23)20-15(24)18-6-2/h7-9,11H,5-6H2,1-4H3,(H,19,21)(H2,18,20,23,24). The van der Waals surface area contributed by atoms with E-state index >= 15 is 0 Å². The Kier molecular flexibility index (Phi) is 7.40. The molecule has 26 heavy (non-hydrogen) atoms. The first-order valence-electron chi connectivity index (χ1n) is 8.38. The molecular formula is C17H23N5O2S2. The van der Waals surface area contributed by atoms with Gasteiger partial charge < -0.3 is 10.6 Å². The lowest BCUT2D eigenvalue weighted by Gasteiger charge is -2.11. The third kappa shape index (κ3) is 5.43. The van der Waals surface area contributed by atoms with Crippen LogP contribution in [-0.4, -0.2) is 33.9 Å². The van der Waals surface area contributed by atoms with Crippen molar-refractivity contribution in [2.45, 2.75) is 43.7 Å². The van der Waals surface area contributed by atoms with E-state index < -0.39 is 11.3 Å². The average molecular weight is 394 g/mol. The molecule has 0 saturated heterocycles. The van der Waals surface area contributed by atoms with Crippen molar-refractivity contribution in [2.24, 2.45) is 0 Å². The molecule has 140 valence electrons. The van der Waals surface area contributed by atoms with Crippen molar-refractivity contribution in [3.05, 3.63) is 29.3 Å². The Morgan fingerprint density at radius 3 is 2.73 bits per heavy atom. The Labute approximate surface area is 161 Å². The number of para-hydroxylation sites is 1. The van der Waals surface area contributed by atoms with Crippen molar-refractivity contribution in [3.8, 4) is 0 Å². The van der Waals surface area contributed by atoms with E-state index in [1.807, 2.05) is 19.1 Å². The lowest BCUT2D eigenvalue weighted by molar-refractivity contribution is -0.119. The molecule has 1 aromatic heterocycles. The minimum atomic E-state index is -0.490. The molecule has 0 aliphatic rings. The molecule has 0 fully saturated rings. The number of aromatic nitrogens is 2. The van der Waals surface area contributed by atoms with Crippen LogP contribution < -0.4 is 16.0 Å². The third-order valence-corrected chi connectivity index (χ3v) is 5.62. The molecule has 2 aromatic rings. The molecular weight excluding hydrogens is 370 g/mol. The van der Waals surface area contributed by atoms with Gasteiger partial charge in [0.1, 0.15) is 0 Å². The Morgan fingerprint density at radius 1 is 1.27 bits per heavy atom. The largest absolute Gasteiger partial charge is 0.338 e. The van der Waals surface area contributed by atoms with Crippen molar-refractivity contribution < 1.29 is 9.59 Å². The van der Waals surface area contributed by atoms with Crippen molar-refractivity contribution in [1.82, 2.24) is 20.8 Å². The summed E-state index contributed by atoms with van der Waals surface area (Å²) in [6, 6.07) is 5.68. The first-order chi connectivity index (χ1) is 12.4. The van der Waals surface area contributed by atoms with Gasteiger partial charge in [0.05, 0.1) is 5.25 Å². The number of nitrogens with zero attached hydrogens (tertiary/aromatic N) is 2. The second-order valence-electron chi connectivity index (χ2n) is 5.57. The zero-order valence-corrected chi connectivity index (χ0v) is 16.9. The molecule has 9 heteroatoms. The van der Waals surface area contributed by atoms with Gasteiger partial charge in [-0.2, -0.15) is 0 Å². The van der Waals surface area contributed by atoms with Crippen molar-refractivity contribution >= 4 is 45.9 Å². The molecule has 1 unspecified atom stereocenters. The van der Waals surface area contributed by atoms with E-state index in [0.29, 0.717) is 16.0 Å². The van der Waals surface area contributed by atoms with Crippen LogP contribution in [0.25, 0.3) is 0 Å². The number of aryl methyl sites for hydroxylation is 2. The number of carbonyl (C=O) groups is 2. The lowest BCUT2D eigenvalue weighted by Crippen LogP contribution is -2.42. The number of rotatable bonds is 7. The maximum Gasteiger partial charge on any atom is 0.321 e. The number of benzene rings is 1. The predicted octanol–water partition coefficient (Wildman–Crippen LogP) is 3.48. The topological polar surface area (TPSA) is 96.0 Å². The first kappa shape index (κ1) is 20.2. The SMILES string of the molecule is CCNC(=O)NC(=O)C(C)Sc1nnc(Nc2c(C)cccc2CC)s1. The van der Waals surface area contributed by atoms with Crippen LogP contribution in [0.1, 0.15) is 31.9 Å². The summed E-state index contributed by atoms with van der Waals surface area (Å²) in [6.45, 7) is 8.13. The Bertz CT molecular complexity index is 778. The first-order valence-corrected chi connectivity index (χ1v) is 10.1. The van der Waals surface area contributed by atoms with Gasteiger partial charge in [0.25, 0.3) is 0 Å². The van der Waals surface area contributed by atoms with Gasteiger partial charge in [-0.15, -0.1) is 10.2 Å². The van der Waals surface area contributed by atoms with E-state index in [-0.39, 0.29) is 5.91 Å². The van der Waals surface area contributed by atoms with Crippen molar-refractivity contribution in [2.75, 3.05) is 11.9 Å². The number of hydrogen-bond acceptors (Lipinski definition) is 7. The summed E-state index contributed by atoms with van der Waals surface area (Å²) >= 11 is 2.65. The molecule has 0 aliphatic carbocycles. The molecule has 2 rings (SSSR count). The highest BCUT2D eigenvalue weighted by Gasteiger charge is 2.19. The number of nitrogens with one attached hydrogen (secondary N) is 3. The maximum atomic E-state index is 12.0. The summed E-state index contributed by atoms with van der Waals surface area (Å²) < 4.78 is 0.665. The zero-order valence-electron chi connectivity index (χ0n) is 15.3. The average Bonchev–Trinajstić information content (AvgIpc) is 3.03. The molecule has 1 aromatic carbocycles. The summed E-state index contributed by atoms with van der Waals surface area (Å²) in [5.41, 5.74) is 3.40. The van der Waals surface area contributed by atoms with E-state index in [2.05, 4.69) is 39.1 Å². The highest BCUT2D eigenvalue weighted by atomic mass is 32.2. The number of hydrogen-bond donors (Lipinski definition) is 3. The van der Waals surface area contributed by atoms with E-state index in [1.165, 1.54) is 28.7 Å². The van der Waals surface area contributed by atoms with Crippen LogP contribution >= 0.6 is 23.1 Å². The highest BCUT2D eigenvalue weighted by Crippen LogP contribution is 2.32. The van der Waals surface area contributed by atoms with Gasteiger partial charge in [0.15, 0.2) is 4.34 Å². The van der Waals surface area contributed by atoms with Crippen LogP contribution in [0.5, 0.6) is 0 Å². The monoisotopic (exact) mass is 393 g/mol. The number of carbonyl (C=O) groups excluding carboxylic acids is 2. The molecule has 1 atom stereocenters. The van der Waals surface area contributed by atoms with Crippen LogP contribution in [0.4, 0.5) is 15.6 Å². The summed E-state index contributed by atoms with van der Waals surface area (Å²) in [5.74, 6) is -0.363. The van der Waals surface area contributed by atoms with Crippen LogP contribution in [0.2, 0.25) is 0 Å². The molecule has 3 amide bonds. The summed E-state index contributed by atoms with van der Waals surface area (Å²) in [7, 11) is 0. The fraction of sp³-hybridized carbons (Fsp3) is 0.412. The Hall–Kier alpha value is -2.13. The third-order valence-electron chi connectivity index (χ3n) is 3.60. The van der Waals surface area contributed by atoms with Gasteiger partial charge in [-0.1, -0.05) is 48.2 Å². The van der Waals surface area contributed by atoms with E-state index in [9.17, 15) is 9.59 Å². The Balaban J connectivity index is 2.00. The van der Waals surface area contributed by atoms with E-state index in [0.717, 1.165) is 17.7 Å². The van der Waals surface area contributed by atoms with Crippen LogP contribution in [0, 0.1) is 6.92 Å². The van der Waals surface area contributed by atoms with Gasteiger partial charge in [-0.25, -0.2) is 4.79 Å². The summed E-state index contributed by atoms with van der Waals surface area (Å²) in [6.07, 6.45) is 0.918. The maximum absolute atomic E-state index is 12.0. The molecule has 3 N–H and O–H groups in total.